The minimum absolute atomic E-state index is 0.000886. The summed E-state index contributed by atoms with van der Waals surface area (Å²) in [5.74, 6) is -0.422. The van der Waals surface area contributed by atoms with E-state index in [2.05, 4.69) is 33.9 Å². The Morgan fingerprint density at radius 3 is 2.33 bits per heavy atom. The van der Waals surface area contributed by atoms with Crippen LogP contribution in [0.15, 0.2) is 36.4 Å². The largest absolute Gasteiger partial charge is 0.417 e. The molecule has 24 heavy (non-hydrogen) atoms. The fourth-order valence-corrected chi connectivity index (χ4v) is 3.24. The minimum Gasteiger partial charge on any atom is -0.417 e. The van der Waals surface area contributed by atoms with Gasteiger partial charge in [-0.3, -0.25) is 4.79 Å². The van der Waals surface area contributed by atoms with E-state index in [1.165, 1.54) is 6.92 Å². The van der Waals surface area contributed by atoms with Crippen LogP contribution >= 0.6 is 0 Å². The number of carbonyl (C=O) groups excluding carboxylic acids is 1. The molecule has 2 unspecified atom stereocenters. The third-order valence-corrected chi connectivity index (χ3v) is 9.46. The zero-order valence-corrected chi connectivity index (χ0v) is 16.9. The van der Waals surface area contributed by atoms with E-state index in [9.17, 15) is 9.90 Å². The third kappa shape index (κ3) is 6.34. The summed E-state index contributed by atoms with van der Waals surface area (Å²) < 4.78 is 6.14. The van der Waals surface area contributed by atoms with Crippen molar-refractivity contribution in [2.45, 2.75) is 58.4 Å². The molecule has 0 aromatic heterocycles. The van der Waals surface area contributed by atoms with Crippen molar-refractivity contribution < 1.29 is 14.3 Å². The fourth-order valence-electron chi connectivity index (χ4n) is 2.18. The Kier molecular flexibility index (Phi) is 7.58. The van der Waals surface area contributed by atoms with E-state index in [1.807, 2.05) is 36.4 Å². The predicted molar refractivity (Wildman–Crippen MR) is 103 cm³/mol. The second-order valence-corrected chi connectivity index (χ2v) is 12.7. The van der Waals surface area contributed by atoms with Crippen LogP contribution in [0.2, 0.25) is 18.1 Å². The van der Waals surface area contributed by atoms with E-state index in [0.717, 1.165) is 5.56 Å². The van der Waals surface area contributed by atoms with Gasteiger partial charge in [0.15, 0.2) is 8.32 Å². The quantitative estimate of drug-likeness (QED) is 0.694. The van der Waals surface area contributed by atoms with Gasteiger partial charge in [0, 0.05) is 12.5 Å². The van der Waals surface area contributed by atoms with Gasteiger partial charge in [-0.05, 0) is 37.0 Å². The van der Waals surface area contributed by atoms with Crippen molar-refractivity contribution in [3.63, 3.8) is 0 Å². The minimum atomic E-state index is -1.82. The van der Waals surface area contributed by atoms with Crippen LogP contribution in [-0.4, -0.2) is 31.9 Å². The van der Waals surface area contributed by atoms with Gasteiger partial charge < -0.3 is 9.53 Å². The van der Waals surface area contributed by atoms with E-state index in [-0.39, 0.29) is 10.8 Å². The van der Waals surface area contributed by atoms with Crippen molar-refractivity contribution >= 4 is 20.2 Å². The molecule has 1 rings (SSSR count). The van der Waals surface area contributed by atoms with Crippen LogP contribution in [0.5, 0.6) is 0 Å². The van der Waals surface area contributed by atoms with Gasteiger partial charge in [-0.1, -0.05) is 63.3 Å². The number of aliphatic hydroxyl groups excluding tert-OH is 1. The molecule has 4 heteroatoms. The first kappa shape index (κ1) is 20.8. The highest BCUT2D eigenvalue weighted by atomic mass is 28.4. The second kappa shape index (κ2) is 8.74. The number of rotatable bonds is 8. The van der Waals surface area contributed by atoms with Crippen molar-refractivity contribution in [1.29, 1.82) is 0 Å². The zero-order valence-electron chi connectivity index (χ0n) is 15.9. The van der Waals surface area contributed by atoms with Gasteiger partial charge in [0.25, 0.3) is 0 Å². The smallest absolute Gasteiger partial charge is 0.191 e. The molecular weight excluding hydrogens is 316 g/mol. The van der Waals surface area contributed by atoms with Gasteiger partial charge in [-0.2, -0.15) is 0 Å². The molecule has 134 valence electrons. The Balaban J connectivity index is 2.64. The van der Waals surface area contributed by atoms with Crippen LogP contribution in [-0.2, 0) is 9.22 Å². The number of carbonyl (C=O) groups is 1. The Morgan fingerprint density at radius 1 is 1.25 bits per heavy atom. The summed E-state index contributed by atoms with van der Waals surface area (Å²) >= 11 is 0. The van der Waals surface area contributed by atoms with Gasteiger partial charge in [0.1, 0.15) is 5.78 Å². The molecule has 0 aliphatic heterocycles. The summed E-state index contributed by atoms with van der Waals surface area (Å²) in [6.07, 6.45) is 3.32. The average molecular weight is 349 g/mol. The van der Waals surface area contributed by atoms with Crippen molar-refractivity contribution in [2.24, 2.45) is 5.92 Å². The Labute approximate surface area is 147 Å². The molecule has 0 saturated carbocycles. The van der Waals surface area contributed by atoms with E-state index in [4.69, 9.17) is 4.43 Å². The van der Waals surface area contributed by atoms with Crippen LogP contribution in [0, 0.1) is 5.92 Å². The predicted octanol–water partition coefficient (Wildman–Crippen LogP) is 4.68. The molecule has 0 radical (unpaired) electrons. The first-order valence-electron chi connectivity index (χ1n) is 8.60. The first-order valence-corrected chi connectivity index (χ1v) is 11.5. The van der Waals surface area contributed by atoms with Crippen molar-refractivity contribution in [3.05, 3.63) is 42.0 Å². The van der Waals surface area contributed by atoms with Crippen LogP contribution in [0.25, 0.3) is 6.08 Å². The SMILES string of the molecule is CC(=O)C(CCO[Si](C)(C)C(C)(C)C)C(O)/C=C/c1ccccc1. The summed E-state index contributed by atoms with van der Waals surface area (Å²) in [4.78, 5) is 11.9. The maximum absolute atomic E-state index is 11.9. The summed E-state index contributed by atoms with van der Waals surface area (Å²) in [7, 11) is -1.82. The Bertz CT molecular complexity index is 544. The van der Waals surface area contributed by atoms with Crippen LogP contribution in [0.1, 0.15) is 39.7 Å². The Morgan fingerprint density at radius 2 is 1.83 bits per heavy atom. The van der Waals surface area contributed by atoms with E-state index >= 15 is 0 Å². The lowest BCUT2D eigenvalue weighted by Gasteiger charge is -2.36. The van der Waals surface area contributed by atoms with Gasteiger partial charge in [0.2, 0.25) is 0 Å². The van der Waals surface area contributed by atoms with Crippen LogP contribution in [0.4, 0.5) is 0 Å². The molecule has 1 N–H and O–H groups in total. The number of hydrogen-bond acceptors (Lipinski definition) is 3. The highest BCUT2D eigenvalue weighted by molar-refractivity contribution is 6.74. The summed E-state index contributed by atoms with van der Waals surface area (Å²) in [6.45, 7) is 13.0. The van der Waals surface area contributed by atoms with Crippen molar-refractivity contribution in [3.8, 4) is 0 Å². The molecule has 1 aromatic carbocycles. The maximum Gasteiger partial charge on any atom is 0.191 e. The van der Waals surface area contributed by atoms with E-state index in [1.54, 1.807) is 6.08 Å². The number of aliphatic hydroxyl groups is 1. The van der Waals surface area contributed by atoms with Gasteiger partial charge in [-0.25, -0.2) is 0 Å². The Hall–Kier alpha value is -1.23. The monoisotopic (exact) mass is 348 g/mol. The molecule has 1 aromatic rings. The standard InChI is InChI=1S/C20H32O3Si/c1-16(21)18(14-15-23-24(5,6)20(2,3)4)19(22)13-12-17-10-8-7-9-11-17/h7-13,18-19,22H,14-15H2,1-6H3/b13-12+. The first-order chi connectivity index (χ1) is 11.0. The molecular formula is C20H32O3Si. The highest BCUT2D eigenvalue weighted by Gasteiger charge is 2.37. The second-order valence-electron chi connectivity index (χ2n) is 7.87. The molecule has 2 atom stereocenters. The molecule has 0 amide bonds. The van der Waals surface area contributed by atoms with E-state index < -0.39 is 20.3 Å². The topological polar surface area (TPSA) is 46.5 Å². The molecule has 0 fully saturated rings. The molecule has 0 bridgehead atoms. The number of Topliss-reactive ketones (excluding diaryl/α,β-unsaturated/α-hetero) is 1. The summed E-state index contributed by atoms with van der Waals surface area (Å²) in [5.41, 5.74) is 1.01. The van der Waals surface area contributed by atoms with Gasteiger partial charge in [-0.15, -0.1) is 0 Å². The summed E-state index contributed by atoms with van der Waals surface area (Å²) in [6, 6.07) is 9.77. The average Bonchev–Trinajstić information content (AvgIpc) is 2.48. The van der Waals surface area contributed by atoms with Crippen LogP contribution < -0.4 is 0 Å². The molecule has 0 aliphatic carbocycles. The highest BCUT2D eigenvalue weighted by Crippen LogP contribution is 2.36. The van der Waals surface area contributed by atoms with Crippen molar-refractivity contribution in [1.82, 2.24) is 0 Å². The lowest BCUT2D eigenvalue weighted by atomic mass is 9.94. The van der Waals surface area contributed by atoms with Gasteiger partial charge in [0.05, 0.1) is 6.10 Å². The molecule has 0 saturated heterocycles. The normalized spacial score (nSPS) is 15.5. The third-order valence-electron chi connectivity index (χ3n) is 4.92. The lowest BCUT2D eigenvalue weighted by molar-refractivity contribution is -0.123. The summed E-state index contributed by atoms with van der Waals surface area (Å²) in [5, 5.41) is 10.5. The molecule has 0 spiro atoms. The zero-order chi connectivity index (χ0) is 18.4. The van der Waals surface area contributed by atoms with Gasteiger partial charge >= 0.3 is 0 Å². The molecule has 3 nitrogen and oxygen atoms in total. The van der Waals surface area contributed by atoms with E-state index in [0.29, 0.717) is 13.0 Å². The number of hydrogen-bond donors (Lipinski definition) is 1. The number of ketones is 1. The lowest BCUT2D eigenvalue weighted by Crippen LogP contribution is -2.41. The molecule has 0 heterocycles. The fraction of sp³-hybridized carbons (Fsp3) is 0.550. The molecule has 0 aliphatic rings. The maximum atomic E-state index is 11.9. The number of benzene rings is 1. The van der Waals surface area contributed by atoms with Crippen molar-refractivity contribution in [2.75, 3.05) is 6.61 Å². The van der Waals surface area contributed by atoms with Crippen LogP contribution in [0.3, 0.4) is 0 Å².